The maximum absolute atomic E-state index is 2.41. The van der Waals surface area contributed by atoms with Crippen LogP contribution in [0.25, 0.3) is 188 Å². The number of hydrogen-bond donors (Lipinski definition) is 0. The Balaban J connectivity index is 0.00000333. The van der Waals surface area contributed by atoms with Gasteiger partial charge in [0.2, 0.25) is 0 Å². The molecule has 0 saturated heterocycles. The summed E-state index contributed by atoms with van der Waals surface area (Å²) < 4.78 is 0. The van der Waals surface area contributed by atoms with Crippen LogP contribution in [0, 0.1) is 0 Å². The number of benzene rings is 16. The zero-order valence-corrected chi connectivity index (χ0v) is 52.5. The molecule has 2 aliphatic carbocycles. The maximum Gasteiger partial charge on any atom is -0.000718 e. The minimum Gasteiger partial charge on any atom is -0.0683 e. The molecule has 0 N–H and O–H groups in total. The Labute approximate surface area is 550 Å². The van der Waals surface area contributed by atoms with Crippen LogP contribution in [0.3, 0.4) is 0 Å². The molecule has 0 amide bonds. The van der Waals surface area contributed by atoms with Crippen molar-refractivity contribution in [1.29, 1.82) is 0 Å². The quantitative estimate of drug-likeness (QED) is 0.121. The van der Waals surface area contributed by atoms with Crippen molar-refractivity contribution in [3.63, 3.8) is 0 Å². The Bertz CT molecular complexity index is 4920. The van der Waals surface area contributed by atoms with E-state index in [0.29, 0.717) is 0 Å². The molecule has 0 bridgehead atoms. The van der Waals surface area contributed by atoms with Crippen LogP contribution in [-0.2, 0) is 0 Å². The SMILES string of the molecule is CC.c1ccc(-c2c(-c3ccccc3)c(-c3ccccc3)c3c(c2-c2ccccc2)-c2cccc4c(-c5ccc(-c6ccc(-c7ccc8c9c(cccc79)-c7c(-c9ccccc9)c(-c9ccccc9)c(-c9ccccc9)c(-c9ccccc9)c7-8)cc6)cc5)ccc-3c24)cc1. The van der Waals surface area contributed by atoms with E-state index in [1.54, 1.807) is 0 Å². The van der Waals surface area contributed by atoms with Gasteiger partial charge in [-0.2, -0.15) is 0 Å². The Kier molecular flexibility index (Phi) is 14.1. The summed E-state index contributed by atoms with van der Waals surface area (Å²) in [5.41, 5.74) is 37.1. The fourth-order valence-corrected chi connectivity index (χ4v) is 15.6. The van der Waals surface area contributed by atoms with Gasteiger partial charge in [-0.25, -0.2) is 0 Å². The highest BCUT2D eigenvalue weighted by Gasteiger charge is 2.36. The van der Waals surface area contributed by atoms with E-state index in [0.717, 1.165) is 0 Å². The molecule has 0 aliphatic heterocycles. The van der Waals surface area contributed by atoms with Crippen molar-refractivity contribution in [2.75, 3.05) is 0 Å². The molecule has 0 unspecified atom stereocenters. The Morgan fingerprint density at radius 1 is 0.117 bits per heavy atom. The van der Waals surface area contributed by atoms with Crippen LogP contribution in [0.1, 0.15) is 13.8 Å². The second-order valence-electron chi connectivity index (χ2n) is 24.4. The number of hydrogen-bond acceptors (Lipinski definition) is 0. The van der Waals surface area contributed by atoms with E-state index in [-0.39, 0.29) is 0 Å². The molecule has 0 atom stereocenters. The van der Waals surface area contributed by atoms with E-state index in [1.165, 1.54) is 188 Å². The third-order valence-electron chi connectivity index (χ3n) is 19.4. The first-order chi connectivity index (χ1) is 46.7. The summed E-state index contributed by atoms with van der Waals surface area (Å²) in [4.78, 5) is 0. The van der Waals surface area contributed by atoms with Gasteiger partial charge in [0.1, 0.15) is 0 Å². The number of fused-ring (bicyclic) bond motifs is 6. The van der Waals surface area contributed by atoms with E-state index in [1.807, 2.05) is 13.8 Å². The van der Waals surface area contributed by atoms with Crippen molar-refractivity contribution in [2.24, 2.45) is 0 Å². The Morgan fingerprint density at radius 2 is 0.298 bits per heavy atom. The molecule has 0 heterocycles. The van der Waals surface area contributed by atoms with E-state index < -0.39 is 0 Å². The molecule has 0 fully saturated rings. The third-order valence-corrected chi connectivity index (χ3v) is 19.4. The first-order valence-corrected chi connectivity index (χ1v) is 33.0. The van der Waals surface area contributed by atoms with E-state index in [9.17, 15) is 0 Å². The van der Waals surface area contributed by atoms with Crippen molar-refractivity contribution in [3.05, 3.63) is 352 Å². The molecule has 0 saturated carbocycles. The van der Waals surface area contributed by atoms with Crippen LogP contribution < -0.4 is 0 Å². The molecule has 18 rings (SSSR count). The summed E-state index contributed by atoms with van der Waals surface area (Å²) in [6.07, 6.45) is 0. The largest absolute Gasteiger partial charge is 0.0683 e. The van der Waals surface area contributed by atoms with E-state index in [4.69, 9.17) is 0 Å². The zero-order chi connectivity index (χ0) is 62.6. The van der Waals surface area contributed by atoms with Gasteiger partial charge in [0.05, 0.1) is 0 Å². The van der Waals surface area contributed by atoms with Gasteiger partial charge in [-0.3, -0.25) is 0 Å². The van der Waals surface area contributed by atoms with Crippen LogP contribution >= 0.6 is 0 Å². The standard InChI is InChI=1S/C92H58.C2H6/c1-9-27-63(28-10-1)79-81(65-31-13-3-14-32-65)85(69-39-21-7-22-40-69)91-77-57-55-71(73-43-25-45-75(87(73)77)89(91)83(79)67-35-17-5-18-36-67)61-51-47-59(48-52-61)60-49-53-62(54-50-60)72-56-58-78-88-74(72)44-26-46-76(88)90-84(68-37-19-6-20-38-68)80(64-29-11-2-12-30-64)82(66-33-15-4-16-34-66)86(92(78)90)70-41-23-8-24-42-70;1-2/h1-58H;1-2H3. The third kappa shape index (κ3) is 9.13. The van der Waals surface area contributed by atoms with Gasteiger partial charge in [-0.15, -0.1) is 0 Å². The minimum atomic E-state index is 1.18. The Morgan fingerprint density at radius 3 is 0.521 bits per heavy atom. The minimum absolute atomic E-state index is 1.18. The lowest BCUT2D eigenvalue weighted by Gasteiger charge is -2.26. The maximum atomic E-state index is 2.41. The molecular formula is C94H64. The lowest BCUT2D eigenvalue weighted by Crippen LogP contribution is -1.99. The van der Waals surface area contributed by atoms with Gasteiger partial charge in [0, 0.05) is 0 Å². The van der Waals surface area contributed by atoms with Crippen molar-refractivity contribution in [1.82, 2.24) is 0 Å². The molecule has 440 valence electrons. The zero-order valence-electron chi connectivity index (χ0n) is 52.5. The van der Waals surface area contributed by atoms with Crippen LogP contribution in [0.5, 0.6) is 0 Å². The predicted octanol–water partition coefficient (Wildman–Crippen LogP) is 26.7. The number of rotatable bonds is 11. The highest BCUT2D eigenvalue weighted by Crippen LogP contribution is 2.64. The molecule has 16 aromatic carbocycles. The van der Waals surface area contributed by atoms with Crippen molar-refractivity contribution in [2.45, 2.75) is 13.8 Å². The van der Waals surface area contributed by atoms with Gasteiger partial charge < -0.3 is 0 Å². The Hall–Kier alpha value is -12.0. The smallest absolute Gasteiger partial charge is 0.000718 e. The van der Waals surface area contributed by atoms with E-state index >= 15 is 0 Å². The molecule has 2 aliphatic rings. The second kappa shape index (κ2) is 23.7. The predicted molar refractivity (Wildman–Crippen MR) is 401 cm³/mol. The molecule has 0 spiro atoms. The van der Waals surface area contributed by atoms with E-state index in [2.05, 4.69) is 352 Å². The average molecular weight is 1190 g/mol. The molecular weight excluding hydrogens is 1130 g/mol. The van der Waals surface area contributed by atoms with Crippen LogP contribution in [0.4, 0.5) is 0 Å². The van der Waals surface area contributed by atoms with Crippen LogP contribution in [0.15, 0.2) is 352 Å². The highest BCUT2D eigenvalue weighted by atomic mass is 14.4. The first kappa shape index (κ1) is 56.1. The molecule has 94 heavy (non-hydrogen) atoms. The highest BCUT2D eigenvalue weighted by molar-refractivity contribution is 6.29. The summed E-state index contributed by atoms with van der Waals surface area (Å²) in [5, 5.41) is 5.10. The summed E-state index contributed by atoms with van der Waals surface area (Å²) in [5.74, 6) is 0. The van der Waals surface area contributed by atoms with Gasteiger partial charge in [-0.1, -0.05) is 366 Å². The fraction of sp³-hybridized carbons (Fsp3) is 0.0213. The normalized spacial score (nSPS) is 11.5. The summed E-state index contributed by atoms with van der Waals surface area (Å²) in [6.45, 7) is 4.00. The molecule has 0 heteroatoms. The molecule has 0 aromatic heterocycles. The summed E-state index contributed by atoms with van der Waals surface area (Å²) in [6, 6.07) is 131. The van der Waals surface area contributed by atoms with Crippen molar-refractivity contribution in [3.8, 4) is 167 Å². The van der Waals surface area contributed by atoms with Crippen molar-refractivity contribution >= 4 is 21.5 Å². The summed E-state index contributed by atoms with van der Waals surface area (Å²) >= 11 is 0. The topological polar surface area (TPSA) is 0 Å². The fourth-order valence-electron chi connectivity index (χ4n) is 15.6. The van der Waals surface area contributed by atoms with Crippen LogP contribution in [0.2, 0.25) is 0 Å². The molecule has 0 nitrogen and oxygen atoms in total. The average Bonchev–Trinajstić information content (AvgIpc) is 1.50. The first-order valence-electron chi connectivity index (χ1n) is 33.0. The lowest BCUT2D eigenvalue weighted by atomic mass is 9.76. The van der Waals surface area contributed by atoms with Crippen LogP contribution in [-0.4, -0.2) is 0 Å². The van der Waals surface area contributed by atoms with Gasteiger partial charge in [-0.05, 0) is 188 Å². The van der Waals surface area contributed by atoms with Gasteiger partial charge in [0.15, 0.2) is 0 Å². The summed E-state index contributed by atoms with van der Waals surface area (Å²) in [7, 11) is 0. The molecule has 0 radical (unpaired) electrons. The van der Waals surface area contributed by atoms with Gasteiger partial charge >= 0.3 is 0 Å². The second-order valence-corrected chi connectivity index (χ2v) is 24.4. The monoisotopic (exact) mass is 1190 g/mol. The lowest BCUT2D eigenvalue weighted by molar-refractivity contribution is 1.50. The van der Waals surface area contributed by atoms with Gasteiger partial charge in [0.25, 0.3) is 0 Å². The molecule has 16 aromatic rings. The van der Waals surface area contributed by atoms with Crippen molar-refractivity contribution < 1.29 is 0 Å².